The van der Waals surface area contributed by atoms with Gasteiger partial charge in [0.05, 0.1) is 12.5 Å². The summed E-state index contributed by atoms with van der Waals surface area (Å²) in [5.74, 6) is -1.54. The van der Waals surface area contributed by atoms with Gasteiger partial charge in [0.1, 0.15) is 0 Å². The van der Waals surface area contributed by atoms with Gasteiger partial charge < -0.3 is 9.84 Å². The number of ether oxygens (including phenoxy) is 1. The number of carboxylic acid groups (broad SMARTS) is 1. The fourth-order valence-corrected chi connectivity index (χ4v) is 3.21. The molecular weight excluding hydrogens is 271 g/mol. The molecular formula is C14H16ClFO3. The first-order valence-corrected chi connectivity index (χ1v) is 6.58. The van der Waals surface area contributed by atoms with Crippen LogP contribution in [0.15, 0.2) is 6.07 Å². The fraction of sp³-hybridized carbons (Fsp3) is 0.500. The zero-order valence-electron chi connectivity index (χ0n) is 10.9. The van der Waals surface area contributed by atoms with Crippen molar-refractivity contribution in [1.29, 1.82) is 0 Å². The van der Waals surface area contributed by atoms with Crippen LogP contribution in [0.1, 0.15) is 36.8 Å². The molecule has 1 aromatic rings. The highest BCUT2D eigenvalue weighted by atomic mass is 35.5. The molecule has 0 radical (unpaired) electrons. The normalized spacial score (nSPS) is 17.5. The molecule has 104 valence electrons. The Hall–Kier alpha value is -1.29. The highest BCUT2D eigenvalue weighted by molar-refractivity contribution is 6.31. The average molecular weight is 287 g/mol. The number of hydrogen-bond donors (Lipinski definition) is 1. The van der Waals surface area contributed by atoms with Gasteiger partial charge in [-0.25, -0.2) is 4.39 Å². The van der Waals surface area contributed by atoms with E-state index in [4.69, 9.17) is 16.3 Å². The Morgan fingerprint density at radius 3 is 2.53 bits per heavy atom. The summed E-state index contributed by atoms with van der Waals surface area (Å²) < 4.78 is 19.1. The molecule has 0 saturated heterocycles. The number of hydrogen-bond acceptors (Lipinski definition) is 2. The number of benzene rings is 1. The van der Waals surface area contributed by atoms with Crippen LogP contribution < -0.4 is 4.74 Å². The zero-order valence-corrected chi connectivity index (χ0v) is 11.7. The molecule has 0 atom stereocenters. The van der Waals surface area contributed by atoms with Crippen molar-refractivity contribution in [1.82, 2.24) is 0 Å². The quantitative estimate of drug-likeness (QED) is 0.922. The molecule has 1 aliphatic rings. The predicted octanol–water partition coefficient (Wildman–Crippen LogP) is 3.69. The smallest absolute Gasteiger partial charge is 0.314 e. The number of methoxy groups -OCH3 is 1. The fourth-order valence-electron chi connectivity index (χ4n) is 3.02. The van der Waals surface area contributed by atoms with Gasteiger partial charge in [0.15, 0.2) is 11.6 Å². The molecule has 19 heavy (non-hydrogen) atoms. The van der Waals surface area contributed by atoms with Gasteiger partial charge in [0.2, 0.25) is 0 Å². The third kappa shape index (κ3) is 2.08. The van der Waals surface area contributed by atoms with Crippen molar-refractivity contribution < 1.29 is 19.0 Å². The number of aliphatic carboxylic acids is 1. The highest BCUT2D eigenvalue weighted by Gasteiger charge is 2.46. The second-order valence-corrected chi connectivity index (χ2v) is 5.38. The van der Waals surface area contributed by atoms with Crippen LogP contribution in [-0.4, -0.2) is 18.2 Å². The van der Waals surface area contributed by atoms with Gasteiger partial charge in [-0.05, 0) is 31.4 Å². The maximum Gasteiger partial charge on any atom is 0.314 e. The lowest BCUT2D eigenvalue weighted by Crippen LogP contribution is -2.34. The lowest BCUT2D eigenvalue weighted by molar-refractivity contribution is -0.143. The van der Waals surface area contributed by atoms with E-state index in [9.17, 15) is 14.3 Å². The summed E-state index contributed by atoms with van der Waals surface area (Å²) in [4.78, 5) is 11.7. The number of halogens is 2. The van der Waals surface area contributed by atoms with E-state index in [2.05, 4.69) is 0 Å². The maximum absolute atomic E-state index is 14.0. The van der Waals surface area contributed by atoms with Crippen molar-refractivity contribution in [2.45, 2.75) is 38.0 Å². The molecule has 0 bridgehead atoms. The van der Waals surface area contributed by atoms with Crippen molar-refractivity contribution in [3.8, 4) is 5.75 Å². The van der Waals surface area contributed by atoms with Crippen LogP contribution in [0, 0.1) is 12.7 Å². The van der Waals surface area contributed by atoms with Crippen LogP contribution in [-0.2, 0) is 10.2 Å². The van der Waals surface area contributed by atoms with Crippen LogP contribution in [0.2, 0.25) is 5.02 Å². The van der Waals surface area contributed by atoms with Crippen LogP contribution >= 0.6 is 11.6 Å². The Kier molecular flexibility index (Phi) is 3.72. The topological polar surface area (TPSA) is 46.5 Å². The largest absolute Gasteiger partial charge is 0.493 e. The SMILES string of the molecule is COc1c(F)cc(Cl)c(C)c1C1(C(=O)O)CCCC1. The first kappa shape index (κ1) is 14.1. The molecule has 1 saturated carbocycles. The van der Waals surface area contributed by atoms with Crippen LogP contribution in [0.25, 0.3) is 0 Å². The van der Waals surface area contributed by atoms with Gasteiger partial charge in [-0.3, -0.25) is 4.79 Å². The van der Waals surface area contributed by atoms with Gasteiger partial charge in [-0.1, -0.05) is 24.4 Å². The number of carbonyl (C=O) groups is 1. The Bertz CT molecular complexity index is 522. The van der Waals surface area contributed by atoms with E-state index in [1.54, 1.807) is 6.92 Å². The highest BCUT2D eigenvalue weighted by Crippen LogP contribution is 2.48. The summed E-state index contributed by atoms with van der Waals surface area (Å²) in [7, 11) is 1.35. The third-order valence-corrected chi connectivity index (χ3v) is 4.37. The van der Waals surface area contributed by atoms with Gasteiger partial charge in [0, 0.05) is 10.6 Å². The molecule has 1 N–H and O–H groups in total. The monoisotopic (exact) mass is 286 g/mol. The third-order valence-electron chi connectivity index (χ3n) is 3.98. The Morgan fingerprint density at radius 2 is 2.05 bits per heavy atom. The second kappa shape index (κ2) is 5.00. The molecule has 2 rings (SSSR count). The lowest BCUT2D eigenvalue weighted by Gasteiger charge is -2.28. The van der Waals surface area contributed by atoms with Crippen molar-refractivity contribution in [2.75, 3.05) is 7.11 Å². The molecule has 0 heterocycles. The Balaban J connectivity index is 2.76. The predicted molar refractivity (Wildman–Crippen MR) is 70.5 cm³/mol. The summed E-state index contributed by atoms with van der Waals surface area (Å²) in [6.07, 6.45) is 2.59. The molecule has 0 aromatic heterocycles. The number of carboxylic acids is 1. The lowest BCUT2D eigenvalue weighted by atomic mass is 9.76. The van der Waals surface area contributed by atoms with E-state index in [1.165, 1.54) is 13.2 Å². The van der Waals surface area contributed by atoms with Gasteiger partial charge in [0.25, 0.3) is 0 Å². The van der Waals surface area contributed by atoms with Crippen LogP contribution in [0.3, 0.4) is 0 Å². The van der Waals surface area contributed by atoms with Gasteiger partial charge >= 0.3 is 5.97 Å². The number of rotatable bonds is 3. The average Bonchev–Trinajstić information content (AvgIpc) is 2.83. The molecule has 5 heteroatoms. The van der Waals surface area contributed by atoms with Gasteiger partial charge in [-0.2, -0.15) is 0 Å². The van der Waals surface area contributed by atoms with Crippen LogP contribution in [0.4, 0.5) is 4.39 Å². The van der Waals surface area contributed by atoms with E-state index in [1.807, 2.05) is 0 Å². The van der Waals surface area contributed by atoms with E-state index in [0.29, 0.717) is 24.0 Å². The van der Waals surface area contributed by atoms with E-state index in [0.717, 1.165) is 12.8 Å². The minimum atomic E-state index is -1.08. The molecule has 1 fully saturated rings. The molecule has 0 unspecified atom stereocenters. The van der Waals surface area contributed by atoms with Crippen molar-refractivity contribution in [2.24, 2.45) is 0 Å². The summed E-state index contributed by atoms with van der Waals surface area (Å²) in [6, 6.07) is 1.17. The van der Waals surface area contributed by atoms with Crippen molar-refractivity contribution >= 4 is 17.6 Å². The molecule has 0 aliphatic heterocycles. The minimum absolute atomic E-state index is 0.00574. The van der Waals surface area contributed by atoms with E-state index >= 15 is 0 Å². The first-order valence-electron chi connectivity index (χ1n) is 6.20. The summed E-state index contributed by atoms with van der Waals surface area (Å²) in [5.41, 5.74) is -0.101. The van der Waals surface area contributed by atoms with E-state index < -0.39 is 17.2 Å². The van der Waals surface area contributed by atoms with Crippen molar-refractivity contribution in [3.05, 3.63) is 28.0 Å². The Labute approximate surface area is 116 Å². The maximum atomic E-state index is 14.0. The van der Waals surface area contributed by atoms with E-state index in [-0.39, 0.29) is 10.8 Å². The summed E-state index contributed by atoms with van der Waals surface area (Å²) >= 11 is 6.00. The molecule has 0 spiro atoms. The molecule has 3 nitrogen and oxygen atoms in total. The standard InChI is InChI=1S/C14H16ClFO3/c1-8-9(15)7-10(16)12(19-2)11(8)14(13(17)18)5-3-4-6-14/h7H,3-6H2,1-2H3,(H,17,18). The summed E-state index contributed by atoms with van der Waals surface area (Å²) in [5, 5.41) is 9.86. The second-order valence-electron chi connectivity index (χ2n) is 4.97. The van der Waals surface area contributed by atoms with Gasteiger partial charge in [-0.15, -0.1) is 0 Å². The molecule has 1 aliphatic carbocycles. The van der Waals surface area contributed by atoms with Crippen LogP contribution in [0.5, 0.6) is 5.75 Å². The summed E-state index contributed by atoms with van der Waals surface area (Å²) in [6.45, 7) is 1.71. The zero-order chi connectivity index (χ0) is 14.2. The molecule has 0 amide bonds. The Morgan fingerprint density at radius 1 is 1.47 bits per heavy atom. The van der Waals surface area contributed by atoms with Crippen molar-refractivity contribution in [3.63, 3.8) is 0 Å². The molecule has 1 aromatic carbocycles. The minimum Gasteiger partial charge on any atom is -0.493 e. The first-order chi connectivity index (χ1) is 8.94.